The third kappa shape index (κ3) is 3.27. The first-order chi connectivity index (χ1) is 12.7. The molecule has 134 valence electrons. The average molecular weight is 348 g/mol. The number of phenolic OH excluding ortho intramolecular Hbond substituents is 1. The van der Waals surface area contributed by atoms with Gasteiger partial charge in [-0.3, -0.25) is 0 Å². The lowest BCUT2D eigenvalue weighted by molar-refractivity contribution is 0.290. The van der Waals surface area contributed by atoms with Crippen LogP contribution in [0.1, 0.15) is 6.42 Å². The Morgan fingerprint density at radius 2 is 1.88 bits per heavy atom. The van der Waals surface area contributed by atoms with Crippen LogP contribution in [0.2, 0.25) is 0 Å². The van der Waals surface area contributed by atoms with Crippen molar-refractivity contribution in [2.24, 2.45) is 0 Å². The van der Waals surface area contributed by atoms with E-state index in [1.165, 1.54) is 16.5 Å². The van der Waals surface area contributed by atoms with Crippen molar-refractivity contribution in [3.8, 4) is 11.5 Å². The second-order valence-corrected chi connectivity index (χ2v) is 6.77. The van der Waals surface area contributed by atoms with Gasteiger partial charge >= 0.3 is 0 Å². The standard InChI is InChI=1S/C22H24N2O2/c1-23(19-11-10-17-6-2-3-7-18(17)16-19)12-5-13-24-14-15-26-22-20(24)8-4-9-21(22)25/h2-4,6-11,16,25H,5,12-15H2,1H3. The minimum absolute atomic E-state index is 0.223. The van der Waals surface area contributed by atoms with Gasteiger partial charge in [0.2, 0.25) is 0 Å². The molecule has 0 aromatic heterocycles. The Hall–Kier alpha value is -2.88. The number of para-hydroxylation sites is 1. The van der Waals surface area contributed by atoms with Gasteiger partial charge in [0.15, 0.2) is 11.5 Å². The van der Waals surface area contributed by atoms with E-state index in [0.717, 1.165) is 31.7 Å². The number of ether oxygens (including phenoxy) is 1. The molecule has 4 nitrogen and oxygen atoms in total. The Morgan fingerprint density at radius 1 is 1.04 bits per heavy atom. The van der Waals surface area contributed by atoms with Gasteiger partial charge < -0.3 is 19.6 Å². The fourth-order valence-corrected chi connectivity index (χ4v) is 3.56. The zero-order valence-electron chi connectivity index (χ0n) is 15.1. The lowest BCUT2D eigenvalue weighted by Crippen LogP contribution is -2.35. The molecule has 1 aliphatic heterocycles. The number of benzene rings is 3. The molecule has 1 aliphatic rings. The number of anilines is 2. The van der Waals surface area contributed by atoms with E-state index in [1.54, 1.807) is 6.07 Å². The van der Waals surface area contributed by atoms with Gasteiger partial charge in [0, 0.05) is 25.8 Å². The summed E-state index contributed by atoms with van der Waals surface area (Å²) in [5.41, 5.74) is 2.23. The van der Waals surface area contributed by atoms with Crippen molar-refractivity contribution in [2.45, 2.75) is 6.42 Å². The summed E-state index contributed by atoms with van der Waals surface area (Å²) in [6, 6.07) is 20.6. The molecule has 1 N–H and O–H groups in total. The highest BCUT2D eigenvalue weighted by Gasteiger charge is 2.20. The molecule has 4 rings (SSSR count). The monoisotopic (exact) mass is 348 g/mol. The van der Waals surface area contributed by atoms with Crippen LogP contribution in [0.3, 0.4) is 0 Å². The maximum Gasteiger partial charge on any atom is 0.184 e. The molecule has 0 fully saturated rings. The van der Waals surface area contributed by atoms with Crippen LogP contribution in [0, 0.1) is 0 Å². The summed E-state index contributed by atoms with van der Waals surface area (Å²) in [5.74, 6) is 0.835. The van der Waals surface area contributed by atoms with Gasteiger partial charge in [0.05, 0.1) is 12.2 Å². The van der Waals surface area contributed by atoms with Gasteiger partial charge in [-0.1, -0.05) is 36.4 Å². The minimum atomic E-state index is 0.223. The molecular formula is C22H24N2O2. The van der Waals surface area contributed by atoms with Crippen LogP contribution in [0.4, 0.5) is 11.4 Å². The van der Waals surface area contributed by atoms with Crippen LogP contribution in [0.15, 0.2) is 60.7 Å². The molecule has 0 atom stereocenters. The van der Waals surface area contributed by atoms with E-state index in [0.29, 0.717) is 12.4 Å². The highest BCUT2D eigenvalue weighted by molar-refractivity contribution is 5.85. The van der Waals surface area contributed by atoms with Crippen molar-refractivity contribution >= 4 is 22.1 Å². The maximum absolute atomic E-state index is 9.96. The Morgan fingerprint density at radius 3 is 2.77 bits per heavy atom. The van der Waals surface area contributed by atoms with Gasteiger partial charge in [0.1, 0.15) is 6.61 Å². The molecule has 0 bridgehead atoms. The molecule has 3 aromatic carbocycles. The predicted molar refractivity (Wildman–Crippen MR) is 108 cm³/mol. The smallest absolute Gasteiger partial charge is 0.184 e. The molecule has 1 heterocycles. The quantitative estimate of drug-likeness (QED) is 0.747. The molecule has 0 spiro atoms. The van der Waals surface area contributed by atoms with E-state index in [4.69, 9.17) is 4.74 Å². The summed E-state index contributed by atoms with van der Waals surface area (Å²) in [4.78, 5) is 4.60. The van der Waals surface area contributed by atoms with Gasteiger partial charge in [-0.15, -0.1) is 0 Å². The molecular weight excluding hydrogens is 324 g/mol. The number of hydrogen-bond donors (Lipinski definition) is 1. The number of aromatic hydroxyl groups is 1. The first-order valence-corrected chi connectivity index (χ1v) is 9.12. The summed E-state index contributed by atoms with van der Waals surface area (Å²) >= 11 is 0. The molecule has 0 radical (unpaired) electrons. The number of hydrogen-bond acceptors (Lipinski definition) is 4. The third-order valence-corrected chi connectivity index (χ3v) is 5.02. The minimum Gasteiger partial charge on any atom is -0.504 e. The van der Waals surface area contributed by atoms with Crippen LogP contribution in [-0.2, 0) is 0 Å². The van der Waals surface area contributed by atoms with Crippen LogP contribution in [0.5, 0.6) is 11.5 Å². The third-order valence-electron chi connectivity index (χ3n) is 5.02. The van der Waals surface area contributed by atoms with Crippen molar-refractivity contribution < 1.29 is 9.84 Å². The molecule has 0 amide bonds. The first-order valence-electron chi connectivity index (χ1n) is 9.12. The largest absolute Gasteiger partial charge is 0.504 e. The molecule has 0 saturated carbocycles. The normalized spacial score (nSPS) is 13.3. The van der Waals surface area contributed by atoms with Gasteiger partial charge in [-0.2, -0.15) is 0 Å². The van der Waals surface area contributed by atoms with Crippen molar-refractivity contribution in [3.05, 3.63) is 60.7 Å². The number of fused-ring (bicyclic) bond motifs is 2. The zero-order chi connectivity index (χ0) is 17.9. The Labute approximate surface area is 154 Å². The molecule has 0 unspecified atom stereocenters. The van der Waals surface area contributed by atoms with Crippen molar-refractivity contribution in [1.82, 2.24) is 0 Å². The second-order valence-electron chi connectivity index (χ2n) is 6.77. The highest BCUT2D eigenvalue weighted by Crippen LogP contribution is 2.38. The fourth-order valence-electron chi connectivity index (χ4n) is 3.56. The predicted octanol–water partition coefficient (Wildman–Crippen LogP) is 4.27. The Bertz CT molecular complexity index is 910. The van der Waals surface area contributed by atoms with Crippen molar-refractivity contribution in [2.75, 3.05) is 43.1 Å². The lowest BCUT2D eigenvalue weighted by atomic mass is 10.1. The van der Waals surface area contributed by atoms with Crippen LogP contribution >= 0.6 is 0 Å². The van der Waals surface area contributed by atoms with E-state index < -0.39 is 0 Å². The van der Waals surface area contributed by atoms with E-state index >= 15 is 0 Å². The van der Waals surface area contributed by atoms with Crippen LogP contribution in [0.25, 0.3) is 10.8 Å². The van der Waals surface area contributed by atoms with Crippen molar-refractivity contribution in [1.29, 1.82) is 0 Å². The number of rotatable bonds is 5. The lowest BCUT2D eigenvalue weighted by Gasteiger charge is -2.32. The van der Waals surface area contributed by atoms with Crippen molar-refractivity contribution in [3.63, 3.8) is 0 Å². The highest BCUT2D eigenvalue weighted by atomic mass is 16.5. The molecule has 0 saturated heterocycles. The summed E-state index contributed by atoms with van der Waals surface area (Å²) in [7, 11) is 2.14. The van der Waals surface area contributed by atoms with Gasteiger partial charge in [0.25, 0.3) is 0 Å². The van der Waals surface area contributed by atoms with Gasteiger partial charge in [-0.05, 0) is 41.5 Å². The summed E-state index contributed by atoms with van der Waals surface area (Å²) in [5, 5.41) is 12.5. The molecule has 0 aliphatic carbocycles. The summed E-state index contributed by atoms with van der Waals surface area (Å²) in [6.07, 6.45) is 1.04. The topological polar surface area (TPSA) is 35.9 Å². The number of nitrogens with zero attached hydrogens (tertiary/aromatic N) is 2. The van der Waals surface area contributed by atoms with E-state index in [2.05, 4.69) is 59.3 Å². The average Bonchev–Trinajstić information content (AvgIpc) is 2.68. The van der Waals surface area contributed by atoms with E-state index in [9.17, 15) is 5.11 Å². The SMILES string of the molecule is CN(CCCN1CCOc2c(O)cccc21)c1ccc2ccccc2c1. The summed E-state index contributed by atoms with van der Waals surface area (Å²) < 4.78 is 5.62. The fraction of sp³-hybridized carbons (Fsp3) is 0.273. The maximum atomic E-state index is 9.96. The first kappa shape index (κ1) is 16.6. The van der Waals surface area contributed by atoms with Crippen LogP contribution < -0.4 is 14.5 Å². The molecule has 3 aromatic rings. The van der Waals surface area contributed by atoms with E-state index in [1.807, 2.05) is 12.1 Å². The van der Waals surface area contributed by atoms with Crippen LogP contribution in [-0.4, -0.2) is 38.4 Å². The second kappa shape index (κ2) is 7.16. The van der Waals surface area contributed by atoms with E-state index in [-0.39, 0.29) is 5.75 Å². The Balaban J connectivity index is 1.39. The zero-order valence-corrected chi connectivity index (χ0v) is 15.1. The molecule has 4 heteroatoms. The Kier molecular flexibility index (Phi) is 4.57. The summed E-state index contributed by atoms with van der Waals surface area (Å²) in [6.45, 7) is 3.39. The molecule has 26 heavy (non-hydrogen) atoms. The van der Waals surface area contributed by atoms with Gasteiger partial charge in [-0.25, -0.2) is 0 Å². The number of phenols is 1.